The van der Waals surface area contributed by atoms with E-state index in [1.807, 2.05) is 0 Å². The van der Waals surface area contributed by atoms with Crippen LogP contribution in [-0.4, -0.2) is 37.2 Å². The van der Waals surface area contributed by atoms with Gasteiger partial charge in [-0.1, -0.05) is 230 Å². The smallest absolute Gasteiger partial charge is 0.306 e. The van der Waals surface area contributed by atoms with E-state index < -0.39 is 6.10 Å². The van der Waals surface area contributed by atoms with Gasteiger partial charge >= 0.3 is 17.9 Å². The minimum atomic E-state index is -0.783. The zero-order valence-electron chi connectivity index (χ0n) is 41.8. The highest BCUT2D eigenvalue weighted by Gasteiger charge is 2.19. The average Bonchev–Trinajstić information content (AvgIpc) is 3.28. The summed E-state index contributed by atoms with van der Waals surface area (Å²) in [6.07, 6.45) is 62.4. The van der Waals surface area contributed by atoms with Crippen molar-refractivity contribution in [3.8, 4) is 0 Å². The number of unbranched alkanes of at least 4 members (excludes halogenated alkanes) is 30. The van der Waals surface area contributed by atoms with E-state index in [2.05, 4.69) is 69.4 Å². The van der Waals surface area contributed by atoms with Gasteiger partial charge in [-0.15, -0.1) is 0 Å². The van der Waals surface area contributed by atoms with Crippen molar-refractivity contribution in [2.45, 2.75) is 284 Å². The molecular formula is C57H102O6. The lowest BCUT2D eigenvalue weighted by Crippen LogP contribution is -2.30. The minimum absolute atomic E-state index is 0.0812. The third-order valence-corrected chi connectivity index (χ3v) is 11.8. The second kappa shape index (κ2) is 52.0. The molecule has 0 amide bonds. The standard InChI is InChI=1S/C57H102O6/c1-4-7-10-13-16-19-22-25-27-28-29-30-31-33-35-38-41-44-47-50-56(59)62-53-54(52-61-55(58)49-46-43-40-37-34-24-21-18-15-12-9-6-3)63-57(60)51-48-45-42-39-36-32-26-23-20-17-14-11-8-5-2/h8,11,17,20,26,28-29,32,54H,4-7,9-10,12-16,18-19,21-25,27,30-31,33-53H2,1-3H3/b11-8-,20-17-,29-28-,32-26-. The Labute approximate surface area is 390 Å². The lowest BCUT2D eigenvalue weighted by Gasteiger charge is -2.18. The zero-order chi connectivity index (χ0) is 45.8. The highest BCUT2D eigenvalue weighted by Crippen LogP contribution is 2.15. The predicted molar refractivity (Wildman–Crippen MR) is 270 cm³/mol. The molecule has 0 bridgehead atoms. The number of rotatable bonds is 49. The molecule has 0 aromatic carbocycles. The van der Waals surface area contributed by atoms with Crippen LogP contribution in [0.25, 0.3) is 0 Å². The van der Waals surface area contributed by atoms with Crippen LogP contribution in [0, 0.1) is 0 Å². The third kappa shape index (κ3) is 50.2. The number of carbonyl (C=O) groups excluding carboxylic acids is 3. The van der Waals surface area contributed by atoms with Gasteiger partial charge in [-0.25, -0.2) is 0 Å². The van der Waals surface area contributed by atoms with E-state index in [0.29, 0.717) is 19.3 Å². The van der Waals surface area contributed by atoms with Crippen LogP contribution < -0.4 is 0 Å². The molecule has 0 aromatic heterocycles. The van der Waals surface area contributed by atoms with E-state index in [0.717, 1.165) is 89.9 Å². The van der Waals surface area contributed by atoms with Crippen LogP contribution in [0.3, 0.4) is 0 Å². The Morgan fingerprint density at radius 1 is 0.333 bits per heavy atom. The molecule has 63 heavy (non-hydrogen) atoms. The second-order valence-electron chi connectivity index (χ2n) is 18.1. The number of esters is 3. The van der Waals surface area contributed by atoms with Gasteiger partial charge in [0.1, 0.15) is 13.2 Å². The summed E-state index contributed by atoms with van der Waals surface area (Å²) in [5, 5.41) is 0. The largest absolute Gasteiger partial charge is 0.462 e. The molecule has 0 aliphatic rings. The van der Waals surface area contributed by atoms with Crippen LogP contribution in [-0.2, 0) is 28.6 Å². The van der Waals surface area contributed by atoms with E-state index >= 15 is 0 Å². The first-order valence-corrected chi connectivity index (χ1v) is 27.1. The highest BCUT2D eigenvalue weighted by molar-refractivity contribution is 5.71. The summed E-state index contributed by atoms with van der Waals surface area (Å²) in [7, 11) is 0. The molecule has 0 rings (SSSR count). The normalized spacial score (nSPS) is 12.4. The van der Waals surface area contributed by atoms with Crippen molar-refractivity contribution in [3.05, 3.63) is 48.6 Å². The molecule has 1 atom stereocenters. The van der Waals surface area contributed by atoms with Gasteiger partial charge in [0.2, 0.25) is 0 Å². The SMILES string of the molecule is CC/C=C\C/C=C\C/C=C\CCCCCCC(=O)OC(COC(=O)CCCCCCCCC/C=C\CCCCCCCCCC)COC(=O)CCCCCCCCCCCCCC. The maximum atomic E-state index is 12.8. The molecule has 0 aromatic rings. The molecular weight excluding hydrogens is 781 g/mol. The Hall–Kier alpha value is -2.63. The van der Waals surface area contributed by atoms with Crippen molar-refractivity contribution in [1.29, 1.82) is 0 Å². The van der Waals surface area contributed by atoms with Gasteiger partial charge < -0.3 is 14.2 Å². The number of carbonyl (C=O) groups is 3. The maximum Gasteiger partial charge on any atom is 0.306 e. The van der Waals surface area contributed by atoms with Crippen LogP contribution in [0.2, 0.25) is 0 Å². The Morgan fingerprint density at radius 2 is 0.619 bits per heavy atom. The maximum absolute atomic E-state index is 12.8. The Kier molecular flexibility index (Phi) is 49.8. The Morgan fingerprint density at radius 3 is 0.984 bits per heavy atom. The second-order valence-corrected chi connectivity index (χ2v) is 18.1. The quantitative estimate of drug-likeness (QED) is 0.0262. The van der Waals surface area contributed by atoms with E-state index in [9.17, 15) is 14.4 Å². The van der Waals surface area contributed by atoms with Crippen LogP contribution in [0.15, 0.2) is 48.6 Å². The summed E-state index contributed by atoms with van der Waals surface area (Å²) >= 11 is 0. The van der Waals surface area contributed by atoms with Gasteiger partial charge in [0.25, 0.3) is 0 Å². The summed E-state index contributed by atoms with van der Waals surface area (Å²) in [6.45, 7) is 6.52. The Bertz CT molecular complexity index is 1110. The summed E-state index contributed by atoms with van der Waals surface area (Å²) in [5.41, 5.74) is 0. The van der Waals surface area contributed by atoms with Gasteiger partial charge in [-0.2, -0.15) is 0 Å². The first kappa shape index (κ1) is 60.4. The Balaban J connectivity index is 4.35. The van der Waals surface area contributed by atoms with Crippen LogP contribution in [0.5, 0.6) is 0 Å². The number of allylic oxidation sites excluding steroid dienone is 8. The fraction of sp³-hybridized carbons (Fsp3) is 0.807. The van der Waals surface area contributed by atoms with Gasteiger partial charge in [0.05, 0.1) is 0 Å². The molecule has 0 aliphatic carbocycles. The van der Waals surface area contributed by atoms with Crippen molar-refractivity contribution in [2.75, 3.05) is 13.2 Å². The monoisotopic (exact) mass is 883 g/mol. The van der Waals surface area contributed by atoms with Crippen LogP contribution in [0.1, 0.15) is 278 Å². The summed E-state index contributed by atoms with van der Waals surface area (Å²) < 4.78 is 16.8. The van der Waals surface area contributed by atoms with E-state index in [4.69, 9.17) is 14.2 Å². The summed E-state index contributed by atoms with van der Waals surface area (Å²) in [4.78, 5) is 38.0. The topological polar surface area (TPSA) is 78.9 Å². The zero-order valence-corrected chi connectivity index (χ0v) is 41.8. The van der Waals surface area contributed by atoms with Crippen molar-refractivity contribution >= 4 is 17.9 Å². The van der Waals surface area contributed by atoms with E-state index in [1.54, 1.807) is 0 Å². The summed E-state index contributed by atoms with van der Waals surface area (Å²) in [5.74, 6) is -0.899. The van der Waals surface area contributed by atoms with Gasteiger partial charge in [0.15, 0.2) is 6.10 Å². The van der Waals surface area contributed by atoms with Crippen molar-refractivity contribution in [1.82, 2.24) is 0 Å². The molecule has 0 radical (unpaired) electrons. The van der Waals surface area contributed by atoms with Gasteiger partial charge in [-0.3, -0.25) is 14.4 Å². The molecule has 0 saturated carbocycles. The van der Waals surface area contributed by atoms with Crippen molar-refractivity contribution in [2.24, 2.45) is 0 Å². The third-order valence-electron chi connectivity index (χ3n) is 11.8. The molecule has 0 saturated heterocycles. The first-order chi connectivity index (χ1) is 31.0. The molecule has 0 fully saturated rings. The van der Waals surface area contributed by atoms with E-state index in [1.165, 1.54) is 148 Å². The summed E-state index contributed by atoms with van der Waals surface area (Å²) in [6, 6.07) is 0. The predicted octanol–water partition coefficient (Wildman–Crippen LogP) is 17.9. The molecule has 0 N–H and O–H groups in total. The lowest BCUT2D eigenvalue weighted by molar-refractivity contribution is -0.167. The number of hydrogen-bond donors (Lipinski definition) is 0. The van der Waals surface area contributed by atoms with E-state index in [-0.39, 0.29) is 31.1 Å². The van der Waals surface area contributed by atoms with Crippen LogP contribution >= 0.6 is 0 Å². The van der Waals surface area contributed by atoms with Gasteiger partial charge in [-0.05, 0) is 77.0 Å². The number of hydrogen-bond acceptors (Lipinski definition) is 6. The molecule has 1 unspecified atom stereocenters. The lowest BCUT2D eigenvalue weighted by atomic mass is 10.0. The van der Waals surface area contributed by atoms with Crippen molar-refractivity contribution < 1.29 is 28.6 Å². The molecule has 6 nitrogen and oxygen atoms in total. The average molecular weight is 883 g/mol. The fourth-order valence-electron chi connectivity index (χ4n) is 7.75. The van der Waals surface area contributed by atoms with Gasteiger partial charge in [0, 0.05) is 19.3 Å². The molecule has 366 valence electrons. The van der Waals surface area contributed by atoms with Crippen molar-refractivity contribution in [3.63, 3.8) is 0 Å². The first-order valence-electron chi connectivity index (χ1n) is 27.1. The fourth-order valence-corrected chi connectivity index (χ4v) is 7.75. The molecule has 6 heteroatoms. The molecule has 0 spiro atoms. The highest BCUT2D eigenvalue weighted by atomic mass is 16.6. The molecule has 0 heterocycles. The number of ether oxygens (including phenoxy) is 3. The minimum Gasteiger partial charge on any atom is -0.462 e. The molecule has 0 aliphatic heterocycles. The van der Waals surface area contributed by atoms with Crippen LogP contribution in [0.4, 0.5) is 0 Å².